The lowest BCUT2D eigenvalue weighted by molar-refractivity contribution is 0.0736. The van der Waals surface area contributed by atoms with E-state index >= 15 is 0 Å². The van der Waals surface area contributed by atoms with Crippen LogP contribution in [0.25, 0.3) is 0 Å². The highest BCUT2D eigenvalue weighted by atomic mass is 35.5. The van der Waals surface area contributed by atoms with E-state index in [1.807, 2.05) is 36.4 Å². The first-order valence-corrected chi connectivity index (χ1v) is 9.52. The Morgan fingerprint density at radius 3 is 2.65 bits per heavy atom. The molecule has 5 heteroatoms. The Bertz CT molecular complexity index is 693. The van der Waals surface area contributed by atoms with E-state index in [1.54, 1.807) is 0 Å². The Kier molecular flexibility index (Phi) is 6.92. The van der Waals surface area contributed by atoms with Gasteiger partial charge < -0.3 is 14.7 Å². The summed E-state index contributed by atoms with van der Waals surface area (Å²) in [5.74, 6) is 0.931. The molecule has 3 rings (SSSR count). The highest BCUT2D eigenvalue weighted by molar-refractivity contribution is 6.30. The average molecular weight is 375 g/mol. The second-order valence-electron chi connectivity index (χ2n) is 6.90. The van der Waals surface area contributed by atoms with Crippen LogP contribution in [-0.4, -0.2) is 54.2 Å². The highest BCUT2D eigenvalue weighted by Gasteiger charge is 2.24. The Labute approximate surface area is 160 Å². The molecule has 1 saturated heterocycles. The second kappa shape index (κ2) is 9.38. The van der Waals surface area contributed by atoms with Crippen LogP contribution in [0.1, 0.15) is 17.5 Å². The number of hydrogen-bond donors (Lipinski definition) is 1. The fraction of sp³-hybridized carbons (Fsp3) is 0.429. The summed E-state index contributed by atoms with van der Waals surface area (Å²) in [7, 11) is 2.14. The van der Waals surface area contributed by atoms with Gasteiger partial charge in [-0.25, -0.2) is 0 Å². The molecule has 0 amide bonds. The minimum atomic E-state index is 0.240. The summed E-state index contributed by atoms with van der Waals surface area (Å²) >= 11 is 5.94. The number of ether oxygens (including phenoxy) is 1. The van der Waals surface area contributed by atoms with Crippen molar-refractivity contribution in [3.8, 4) is 5.75 Å². The number of hydrogen-bond acceptors (Lipinski definition) is 4. The lowest BCUT2D eigenvalue weighted by Crippen LogP contribution is -2.51. The molecule has 0 bridgehead atoms. The zero-order chi connectivity index (χ0) is 18.4. The van der Waals surface area contributed by atoms with Crippen molar-refractivity contribution in [2.45, 2.75) is 25.6 Å². The third kappa shape index (κ3) is 5.21. The second-order valence-corrected chi connectivity index (χ2v) is 7.34. The summed E-state index contributed by atoms with van der Waals surface area (Å²) in [5, 5.41) is 10.0. The van der Waals surface area contributed by atoms with Gasteiger partial charge in [0.2, 0.25) is 0 Å². The normalized spacial score (nSPS) is 18.8. The maximum absolute atomic E-state index is 9.28. The molecule has 1 aliphatic heterocycles. The van der Waals surface area contributed by atoms with Crippen LogP contribution in [0, 0.1) is 0 Å². The maximum Gasteiger partial charge on any atom is 0.124 e. The van der Waals surface area contributed by atoms with Crippen molar-refractivity contribution in [2.75, 3.05) is 33.3 Å². The smallest absolute Gasteiger partial charge is 0.124 e. The van der Waals surface area contributed by atoms with E-state index < -0.39 is 0 Å². The molecule has 1 aliphatic rings. The molecule has 1 fully saturated rings. The molecule has 2 aromatic rings. The van der Waals surface area contributed by atoms with Gasteiger partial charge in [-0.1, -0.05) is 41.9 Å². The Balaban J connectivity index is 1.62. The van der Waals surface area contributed by atoms with Gasteiger partial charge >= 0.3 is 0 Å². The molecule has 2 aromatic carbocycles. The summed E-state index contributed by atoms with van der Waals surface area (Å²) < 4.78 is 6.08. The summed E-state index contributed by atoms with van der Waals surface area (Å²) in [6.45, 7) is 4.67. The van der Waals surface area contributed by atoms with E-state index in [9.17, 15) is 5.11 Å². The number of halogens is 1. The van der Waals surface area contributed by atoms with E-state index in [-0.39, 0.29) is 6.61 Å². The zero-order valence-electron chi connectivity index (χ0n) is 15.3. The van der Waals surface area contributed by atoms with Gasteiger partial charge in [0, 0.05) is 49.4 Å². The number of aliphatic hydroxyl groups excluding tert-OH is 1. The molecule has 1 unspecified atom stereocenters. The van der Waals surface area contributed by atoms with Gasteiger partial charge in [0.15, 0.2) is 0 Å². The van der Waals surface area contributed by atoms with Crippen molar-refractivity contribution in [3.05, 3.63) is 64.7 Å². The predicted molar refractivity (Wildman–Crippen MR) is 106 cm³/mol. The SMILES string of the molecule is CN1CCN(Cc2ccccc2OCc2ccc(Cl)cc2)CC1CCO. The standard InChI is InChI=1S/C21H27ClN2O2/c1-23-11-12-24(15-20(23)10-13-25)14-18-4-2-3-5-21(18)26-16-17-6-8-19(22)9-7-17/h2-9,20,25H,10-16H2,1H3. The van der Waals surface area contributed by atoms with Gasteiger partial charge in [-0.2, -0.15) is 0 Å². The molecule has 0 radical (unpaired) electrons. The minimum Gasteiger partial charge on any atom is -0.489 e. The van der Waals surface area contributed by atoms with Crippen molar-refractivity contribution >= 4 is 11.6 Å². The van der Waals surface area contributed by atoms with Crippen LogP contribution in [-0.2, 0) is 13.2 Å². The molecule has 1 N–H and O–H groups in total. The third-order valence-electron chi connectivity index (χ3n) is 5.00. The molecule has 4 nitrogen and oxygen atoms in total. The van der Waals surface area contributed by atoms with Gasteiger partial charge in [-0.3, -0.25) is 4.90 Å². The lowest BCUT2D eigenvalue weighted by atomic mass is 10.1. The van der Waals surface area contributed by atoms with E-state index in [4.69, 9.17) is 16.3 Å². The van der Waals surface area contributed by atoms with E-state index in [1.165, 1.54) is 5.56 Å². The van der Waals surface area contributed by atoms with Gasteiger partial charge in [0.25, 0.3) is 0 Å². The number of benzene rings is 2. The van der Waals surface area contributed by atoms with Crippen molar-refractivity contribution in [3.63, 3.8) is 0 Å². The maximum atomic E-state index is 9.28. The van der Waals surface area contributed by atoms with Gasteiger partial charge in [-0.15, -0.1) is 0 Å². The topological polar surface area (TPSA) is 35.9 Å². The number of aliphatic hydroxyl groups is 1. The first-order chi connectivity index (χ1) is 12.7. The fourth-order valence-corrected chi connectivity index (χ4v) is 3.50. The summed E-state index contributed by atoms with van der Waals surface area (Å²) in [5.41, 5.74) is 2.31. The van der Waals surface area contributed by atoms with Crippen LogP contribution in [0.15, 0.2) is 48.5 Å². The number of para-hydroxylation sites is 1. The van der Waals surface area contributed by atoms with E-state index in [0.29, 0.717) is 12.6 Å². The predicted octanol–water partition coefficient (Wildman–Crippen LogP) is 3.42. The van der Waals surface area contributed by atoms with Crippen molar-refractivity contribution in [1.29, 1.82) is 0 Å². The quantitative estimate of drug-likeness (QED) is 0.805. The van der Waals surface area contributed by atoms with Crippen molar-refractivity contribution in [2.24, 2.45) is 0 Å². The molecule has 1 atom stereocenters. The first-order valence-electron chi connectivity index (χ1n) is 9.14. The molecule has 26 heavy (non-hydrogen) atoms. The van der Waals surface area contributed by atoms with Crippen LogP contribution in [0.2, 0.25) is 5.02 Å². The summed E-state index contributed by atoms with van der Waals surface area (Å²) in [4.78, 5) is 4.79. The number of likely N-dealkylation sites (N-methyl/N-ethyl adjacent to an activating group) is 1. The third-order valence-corrected chi connectivity index (χ3v) is 5.25. The molecular formula is C21H27ClN2O2. The van der Waals surface area contributed by atoms with Crippen LogP contribution in [0.5, 0.6) is 5.75 Å². The highest BCUT2D eigenvalue weighted by Crippen LogP contribution is 2.23. The monoisotopic (exact) mass is 374 g/mol. The number of piperazine rings is 1. The van der Waals surface area contributed by atoms with Gasteiger partial charge in [-0.05, 0) is 37.2 Å². The van der Waals surface area contributed by atoms with Crippen LogP contribution in [0.4, 0.5) is 0 Å². The fourth-order valence-electron chi connectivity index (χ4n) is 3.37. The van der Waals surface area contributed by atoms with E-state index in [2.05, 4.69) is 29.0 Å². The molecule has 0 aromatic heterocycles. The van der Waals surface area contributed by atoms with Crippen LogP contribution >= 0.6 is 11.6 Å². The number of nitrogens with zero attached hydrogens (tertiary/aromatic N) is 2. The Morgan fingerprint density at radius 1 is 1.12 bits per heavy atom. The van der Waals surface area contributed by atoms with Gasteiger partial charge in [0.05, 0.1) is 0 Å². The Morgan fingerprint density at radius 2 is 1.88 bits per heavy atom. The molecule has 0 aliphatic carbocycles. The molecular weight excluding hydrogens is 348 g/mol. The molecule has 140 valence electrons. The summed E-state index contributed by atoms with van der Waals surface area (Å²) in [6.07, 6.45) is 0.821. The zero-order valence-corrected chi connectivity index (χ0v) is 16.0. The van der Waals surface area contributed by atoms with Crippen molar-refractivity contribution in [1.82, 2.24) is 9.80 Å². The van der Waals surface area contributed by atoms with Crippen LogP contribution in [0.3, 0.4) is 0 Å². The van der Waals surface area contributed by atoms with E-state index in [0.717, 1.165) is 48.9 Å². The first kappa shape index (κ1) is 19.2. The van der Waals surface area contributed by atoms with Crippen LogP contribution < -0.4 is 4.74 Å². The van der Waals surface area contributed by atoms with Crippen molar-refractivity contribution < 1.29 is 9.84 Å². The molecule has 0 saturated carbocycles. The largest absolute Gasteiger partial charge is 0.489 e. The minimum absolute atomic E-state index is 0.240. The average Bonchev–Trinajstić information content (AvgIpc) is 2.65. The summed E-state index contributed by atoms with van der Waals surface area (Å²) in [6, 6.07) is 16.4. The lowest BCUT2D eigenvalue weighted by Gasteiger charge is -2.39. The number of rotatable bonds is 7. The molecule has 1 heterocycles. The Hall–Kier alpha value is -1.59. The molecule has 0 spiro atoms. The van der Waals surface area contributed by atoms with Gasteiger partial charge in [0.1, 0.15) is 12.4 Å².